The van der Waals surface area contributed by atoms with Crippen LogP contribution in [0.3, 0.4) is 0 Å². The number of hydrogen-bond donors (Lipinski definition) is 1. The highest BCUT2D eigenvalue weighted by molar-refractivity contribution is 5.79. The zero-order valence-corrected chi connectivity index (χ0v) is 9.47. The van der Waals surface area contributed by atoms with Crippen LogP contribution in [0.4, 0.5) is 0 Å². The van der Waals surface area contributed by atoms with Crippen molar-refractivity contribution in [2.24, 2.45) is 5.92 Å². The van der Waals surface area contributed by atoms with Crippen LogP contribution >= 0.6 is 0 Å². The second-order valence-corrected chi connectivity index (χ2v) is 4.44. The average Bonchev–Trinajstić information content (AvgIpc) is 2.55. The maximum Gasteiger partial charge on any atom is 0.223 e. The summed E-state index contributed by atoms with van der Waals surface area (Å²) in [5, 5.41) is 9.31. The van der Waals surface area contributed by atoms with Gasteiger partial charge in [0, 0.05) is 13.0 Å². The lowest BCUT2D eigenvalue weighted by molar-refractivity contribution is -0.130. The number of benzene rings is 1. The topological polar surface area (TPSA) is 40.5 Å². The third kappa shape index (κ3) is 2.09. The van der Waals surface area contributed by atoms with E-state index in [0.29, 0.717) is 13.0 Å². The van der Waals surface area contributed by atoms with E-state index >= 15 is 0 Å². The van der Waals surface area contributed by atoms with Gasteiger partial charge in [0.2, 0.25) is 5.91 Å². The second kappa shape index (κ2) is 4.66. The van der Waals surface area contributed by atoms with E-state index < -0.39 is 0 Å². The third-order valence-electron chi connectivity index (χ3n) is 3.26. The highest BCUT2D eigenvalue weighted by Gasteiger charge is 2.36. The van der Waals surface area contributed by atoms with E-state index in [1.54, 1.807) is 4.90 Å². The molecule has 0 saturated carbocycles. The zero-order chi connectivity index (χ0) is 11.5. The summed E-state index contributed by atoms with van der Waals surface area (Å²) in [6, 6.07) is 9.88. The molecule has 1 N–H and O–H groups in total. The molecule has 1 aliphatic rings. The van der Waals surface area contributed by atoms with Crippen molar-refractivity contribution in [2.75, 3.05) is 6.61 Å². The number of nitrogens with zero attached hydrogens (tertiary/aromatic N) is 1. The maximum absolute atomic E-state index is 11.8. The van der Waals surface area contributed by atoms with Gasteiger partial charge in [-0.2, -0.15) is 0 Å². The third-order valence-corrected chi connectivity index (χ3v) is 3.26. The van der Waals surface area contributed by atoms with Gasteiger partial charge >= 0.3 is 0 Å². The molecule has 1 aromatic rings. The minimum Gasteiger partial charge on any atom is -0.394 e. The molecular formula is C13H17NO2. The molecule has 3 heteroatoms. The highest BCUT2D eigenvalue weighted by atomic mass is 16.3. The molecule has 16 heavy (non-hydrogen) atoms. The van der Waals surface area contributed by atoms with Crippen LogP contribution in [0, 0.1) is 5.92 Å². The Balaban J connectivity index is 2.11. The average molecular weight is 219 g/mol. The first kappa shape index (κ1) is 11.1. The van der Waals surface area contributed by atoms with Crippen molar-refractivity contribution in [2.45, 2.75) is 25.9 Å². The molecule has 2 rings (SSSR count). The summed E-state index contributed by atoms with van der Waals surface area (Å²) < 4.78 is 0. The van der Waals surface area contributed by atoms with Crippen LogP contribution in [0.2, 0.25) is 0 Å². The number of carbonyl (C=O) groups is 1. The standard InChI is InChI=1S/C13H17NO2/c1-10-7-13(16)14(12(10)9-15)8-11-5-3-2-4-6-11/h2-6,10,12,15H,7-9H2,1H3/t10-,12+/m0/s1. The summed E-state index contributed by atoms with van der Waals surface area (Å²) in [6.45, 7) is 2.68. The number of aliphatic hydroxyl groups is 1. The van der Waals surface area contributed by atoms with E-state index in [2.05, 4.69) is 0 Å². The fraction of sp³-hybridized carbons (Fsp3) is 0.462. The molecule has 1 fully saturated rings. The van der Waals surface area contributed by atoms with Crippen LogP contribution in [0.5, 0.6) is 0 Å². The van der Waals surface area contributed by atoms with Gasteiger partial charge < -0.3 is 10.0 Å². The SMILES string of the molecule is C[C@H]1CC(=O)N(Cc2ccccc2)[C@@H]1CO. The lowest BCUT2D eigenvalue weighted by atomic mass is 10.0. The number of aliphatic hydroxyl groups excluding tert-OH is 1. The minimum atomic E-state index is -0.0206. The molecule has 0 radical (unpaired) electrons. The van der Waals surface area contributed by atoms with Crippen molar-refractivity contribution < 1.29 is 9.90 Å². The minimum absolute atomic E-state index is 0.0206. The van der Waals surface area contributed by atoms with E-state index in [1.165, 1.54) is 0 Å². The quantitative estimate of drug-likeness (QED) is 0.835. The Labute approximate surface area is 95.7 Å². The molecule has 0 spiro atoms. The lowest BCUT2D eigenvalue weighted by Gasteiger charge is -2.25. The van der Waals surface area contributed by atoms with E-state index in [4.69, 9.17) is 0 Å². The largest absolute Gasteiger partial charge is 0.394 e. The number of rotatable bonds is 3. The van der Waals surface area contributed by atoms with Gasteiger partial charge in [-0.3, -0.25) is 4.79 Å². The van der Waals surface area contributed by atoms with Gasteiger partial charge in [0.1, 0.15) is 0 Å². The molecule has 0 aliphatic carbocycles. The fourth-order valence-corrected chi connectivity index (χ4v) is 2.28. The predicted molar refractivity (Wildman–Crippen MR) is 61.6 cm³/mol. The fourth-order valence-electron chi connectivity index (χ4n) is 2.28. The van der Waals surface area contributed by atoms with Gasteiger partial charge in [-0.05, 0) is 11.5 Å². The smallest absolute Gasteiger partial charge is 0.223 e. The van der Waals surface area contributed by atoms with Crippen molar-refractivity contribution in [3.8, 4) is 0 Å². The highest BCUT2D eigenvalue weighted by Crippen LogP contribution is 2.26. The van der Waals surface area contributed by atoms with Crippen LogP contribution in [0.15, 0.2) is 30.3 Å². The second-order valence-electron chi connectivity index (χ2n) is 4.44. The van der Waals surface area contributed by atoms with E-state index in [-0.39, 0.29) is 24.5 Å². The summed E-state index contributed by atoms with van der Waals surface area (Å²) in [5.41, 5.74) is 1.11. The van der Waals surface area contributed by atoms with Crippen LogP contribution in [0.25, 0.3) is 0 Å². The predicted octanol–water partition coefficient (Wildman–Crippen LogP) is 1.42. The Bertz CT molecular complexity index is 363. The van der Waals surface area contributed by atoms with Gasteiger partial charge in [-0.25, -0.2) is 0 Å². The number of carbonyl (C=O) groups excluding carboxylic acids is 1. The van der Waals surface area contributed by atoms with Crippen LogP contribution in [-0.4, -0.2) is 28.6 Å². The van der Waals surface area contributed by atoms with Gasteiger partial charge in [0.15, 0.2) is 0 Å². The first-order valence-corrected chi connectivity index (χ1v) is 5.66. The van der Waals surface area contributed by atoms with Gasteiger partial charge in [-0.1, -0.05) is 37.3 Å². The number of amides is 1. The zero-order valence-electron chi connectivity index (χ0n) is 9.47. The maximum atomic E-state index is 11.8. The summed E-state index contributed by atoms with van der Waals surface area (Å²) in [6.07, 6.45) is 0.554. The summed E-state index contributed by atoms with van der Waals surface area (Å²) in [4.78, 5) is 13.6. The summed E-state index contributed by atoms with van der Waals surface area (Å²) >= 11 is 0. The molecule has 0 aromatic heterocycles. The van der Waals surface area contributed by atoms with Crippen LogP contribution in [0.1, 0.15) is 18.9 Å². The Kier molecular flexibility index (Phi) is 3.25. The number of likely N-dealkylation sites (tertiary alicyclic amines) is 1. The van der Waals surface area contributed by atoms with Crippen LogP contribution in [-0.2, 0) is 11.3 Å². The Morgan fingerprint density at radius 3 is 2.69 bits per heavy atom. The Hall–Kier alpha value is -1.35. The molecule has 0 unspecified atom stereocenters. The van der Waals surface area contributed by atoms with Crippen molar-refractivity contribution in [1.29, 1.82) is 0 Å². The molecular weight excluding hydrogens is 202 g/mol. The monoisotopic (exact) mass is 219 g/mol. The van der Waals surface area contributed by atoms with Gasteiger partial charge in [0.25, 0.3) is 0 Å². The van der Waals surface area contributed by atoms with Crippen molar-refractivity contribution in [3.63, 3.8) is 0 Å². The molecule has 1 aromatic carbocycles. The van der Waals surface area contributed by atoms with Gasteiger partial charge in [-0.15, -0.1) is 0 Å². The molecule has 2 atom stereocenters. The molecule has 1 saturated heterocycles. The van der Waals surface area contributed by atoms with Crippen molar-refractivity contribution in [1.82, 2.24) is 4.90 Å². The molecule has 3 nitrogen and oxygen atoms in total. The summed E-state index contributed by atoms with van der Waals surface area (Å²) in [5.74, 6) is 0.400. The molecule has 1 amide bonds. The normalized spacial score (nSPS) is 25.1. The molecule has 0 bridgehead atoms. The summed E-state index contributed by atoms with van der Waals surface area (Å²) in [7, 11) is 0. The Morgan fingerprint density at radius 2 is 2.06 bits per heavy atom. The van der Waals surface area contributed by atoms with E-state index in [0.717, 1.165) is 5.56 Å². The number of hydrogen-bond acceptors (Lipinski definition) is 2. The van der Waals surface area contributed by atoms with E-state index in [9.17, 15) is 9.90 Å². The van der Waals surface area contributed by atoms with Crippen molar-refractivity contribution >= 4 is 5.91 Å². The van der Waals surface area contributed by atoms with E-state index in [1.807, 2.05) is 37.3 Å². The molecule has 86 valence electrons. The Morgan fingerprint density at radius 1 is 1.38 bits per heavy atom. The molecule has 1 heterocycles. The van der Waals surface area contributed by atoms with Gasteiger partial charge in [0.05, 0.1) is 12.6 Å². The molecule has 1 aliphatic heterocycles. The lowest BCUT2D eigenvalue weighted by Crippen LogP contribution is -2.36. The first-order valence-electron chi connectivity index (χ1n) is 5.66. The van der Waals surface area contributed by atoms with Crippen molar-refractivity contribution in [3.05, 3.63) is 35.9 Å². The van der Waals surface area contributed by atoms with Crippen LogP contribution < -0.4 is 0 Å². The first-order chi connectivity index (χ1) is 7.72.